The first-order valence-electron chi connectivity index (χ1n) is 10.2. The first-order valence-corrected chi connectivity index (χ1v) is 12.0. The van der Waals surface area contributed by atoms with Crippen molar-refractivity contribution in [2.75, 3.05) is 4.72 Å². The Labute approximate surface area is 204 Å². The van der Waals surface area contributed by atoms with Crippen LogP contribution in [0.15, 0.2) is 81.9 Å². The summed E-state index contributed by atoms with van der Waals surface area (Å²) in [5, 5.41) is 29.3. The Balaban J connectivity index is 1.68. The number of nitrogens with zero attached hydrogens (tertiary/aromatic N) is 3. The highest BCUT2D eigenvalue weighted by molar-refractivity contribution is 7.92. The van der Waals surface area contributed by atoms with Crippen LogP contribution in [-0.4, -0.2) is 24.4 Å². The van der Waals surface area contributed by atoms with E-state index in [9.17, 15) is 28.4 Å². The van der Waals surface area contributed by atoms with E-state index in [2.05, 4.69) is 15.0 Å². The summed E-state index contributed by atoms with van der Waals surface area (Å²) >= 11 is 5.85. The van der Waals surface area contributed by atoms with E-state index >= 15 is 0 Å². The number of fused-ring (bicyclic) bond motifs is 1. The molecule has 2 N–H and O–H groups in total. The molecular weight excluding hydrogens is 496 g/mol. The number of nitrogens with one attached hydrogen (secondary N) is 1. The van der Waals surface area contributed by atoms with Gasteiger partial charge in [0, 0.05) is 28.3 Å². The van der Waals surface area contributed by atoms with Crippen molar-refractivity contribution in [3.63, 3.8) is 0 Å². The van der Waals surface area contributed by atoms with Gasteiger partial charge in [-0.1, -0.05) is 23.8 Å². The predicted molar refractivity (Wildman–Crippen MR) is 129 cm³/mol. The van der Waals surface area contributed by atoms with Gasteiger partial charge in [0.2, 0.25) is 0 Å². The van der Waals surface area contributed by atoms with Crippen LogP contribution in [0.3, 0.4) is 0 Å². The second-order valence-electron chi connectivity index (χ2n) is 7.50. The summed E-state index contributed by atoms with van der Waals surface area (Å²) in [6.45, 7) is 0. The van der Waals surface area contributed by atoms with Crippen molar-refractivity contribution in [1.29, 1.82) is 0 Å². The third-order valence-electron chi connectivity index (χ3n) is 5.25. The van der Waals surface area contributed by atoms with E-state index in [0.29, 0.717) is 29.0 Å². The van der Waals surface area contributed by atoms with Crippen molar-refractivity contribution in [1.82, 2.24) is 0 Å². The Kier molecular flexibility index (Phi) is 6.63. The minimum absolute atomic E-state index is 0.00778. The van der Waals surface area contributed by atoms with Crippen LogP contribution in [0.1, 0.15) is 21.5 Å². The Morgan fingerprint density at radius 1 is 1.03 bits per heavy atom. The van der Waals surface area contributed by atoms with E-state index in [4.69, 9.17) is 11.6 Å². The number of benzene rings is 3. The first kappa shape index (κ1) is 24.0. The molecule has 12 heteroatoms. The number of aromatic hydroxyl groups is 1. The summed E-state index contributed by atoms with van der Waals surface area (Å²) in [5.41, 5.74) is 0.987. The number of carbonyl (C=O) groups excluding carboxylic acids is 1. The number of azo groups is 1. The van der Waals surface area contributed by atoms with Crippen LogP contribution in [0.2, 0.25) is 5.02 Å². The zero-order chi connectivity index (χ0) is 25.2. The highest BCUT2D eigenvalue weighted by Gasteiger charge is 2.23. The number of rotatable bonds is 6. The highest BCUT2D eigenvalue weighted by Crippen LogP contribution is 2.41. The van der Waals surface area contributed by atoms with Crippen molar-refractivity contribution in [2.45, 2.75) is 17.7 Å². The molecule has 0 aliphatic heterocycles. The average Bonchev–Trinajstić information content (AvgIpc) is 2.85. The van der Waals surface area contributed by atoms with Crippen LogP contribution in [0.25, 0.3) is 0 Å². The minimum Gasteiger partial charge on any atom is -0.505 e. The van der Waals surface area contributed by atoms with Gasteiger partial charge in [-0.2, -0.15) is 0 Å². The maximum atomic E-state index is 12.9. The fourth-order valence-corrected chi connectivity index (χ4v) is 4.68. The summed E-state index contributed by atoms with van der Waals surface area (Å²) in [6.07, 6.45) is 4.38. The van der Waals surface area contributed by atoms with Crippen LogP contribution in [0.4, 0.5) is 17.1 Å². The molecule has 3 aromatic carbocycles. The van der Waals surface area contributed by atoms with Gasteiger partial charge in [-0.05, 0) is 60.9 Å². The van der Waals surface area contributed by atoms with Gasteiger partial charge in [-0.15, -0.1) is 10.2 Å². The maximum Gasteiger partial charge on any atom is 0.295 e. The molecule has 0 bridgehead atoms. The predicted octanol–water partition coefficient (Wildman–Crippen LogP) is 5.33. The number of halogens is 1. The number of hydrogen-bond donors (Lipinski definition) is 2. The lowest BCUT2D eigenvalue weighted by molar-refractivity contribution is -0.384. The van der Waals surface area contributed by atoms with Crippen LogP contribution >= 0.6 is 11.6 Å². The van der Waals surface area contributed by atoms with Gasteiger partial charge in [0.1, 0.15) is 11.4 Å². The summed E-state index contributed by atoms with van der Waals surface area (Å²) in [4.78, 5) is 22.6. The van der Waals surface area contributed by atoms with Crippen LogP contribution in [0, 0.1) is 10.1 Å². The molecule has 0 atom stereocenters. The molecule has 0 saturated heterocycles. The molecule has 178 valence electrons. The molecular formula is C23H17ClN4O6S. The number of non-ortho nitro benzene ring substituents is 1. The molecule has 0 aromatic heterocycles. The quantitative estimate of drug-likeness (QED) is 0.150. The van der Waals surface area contributed by atoms with E-state index in [1.54, 1.807) is 0 Å². The summed E-state index contributed by atoms with van der Waals surface area (Å²) < 4.78 is 28.4. The van der Waals surface area contributed by atoms with Gasteiger partial charge in [-0.3, -0.25) is 19.6 Å². The number of phenols is 1. The molecule has 0 radical (unpaired) electrons. The molecule has 0 fully saturated rings. The van der Waals surface area contributed by atoms with Gasteiger partial charge in [0.05, 0.1) is 15.5 Å². The number of phenolic OH excluding ortho intramolecular Hbond substituents is 1. The molecule has 0 saturated carbocycles. The average molecular weight is 513 g/mol. The fraction of sp³-hybridized carbons (Fsp3) is 0.0870. The van der Waals surface area contributed by atoms with Gasteiger partial charge in [0.15, 0.2) is 0 Å². The van der Waals surface area contributed by atoms with Crippen LogP contribution in [0.5, 0.6) is 5.75 Å². The van der Waals surface area contributed by atoms with Crippen LogP contribution in [-0.2, 0) is 22.9 Å². The molecule has 0 spiro atoms. The number of amides is 1. The van der Waals surface area contributed by atoms with Crippen molar-refractivity contribution in [2.24, 2.45) is 10.2 Å². The first-order chi connectivity index (χ1) is 16.7. The van der Waals surface area contributed by atoms with Crippen molar-refractivity contribution in [3.8, 4) is 5.75 Å². The highest BCUT2D eigenvalue weighted by atomic mass is 35.5. The molecule has 1 aliphatic carbocycles. The van der Waals surface area contributed by atoms with Crippen molar-refractivity contribution in [3.05, 3.63) is 98.6 Å². The van der Waals surface area contributed by atoms with E-state index in [1.165, 1.54) is 42.5 Å². The van der Waals surface area contributed by atoms with Crippen molar-refractivity contribution < 1.29 is 23.2 Å². The van der Waals surface area contributed by atoms with Gasteiger partial charge in [-0.25, -0.2) is 8.42 Å². The molecule has 1 amide bonds. The maximum absolute atomic E-state index is 12.9. The Hall–Kier alpha value is -4.09. The number of anilines is 1. The molecule has 10 nitrogen and oxygen atoms in total. The van der Waals surface area contributed by atoms with Gasteiger partial charge in [0.25, 0.3) is 21.6 Å². The monoisotopic (exact) mass is 512 g/mol. The summed E-state index contributed by atoms with van der Waals surface area (Å²) in [5.74, 6) is -1.01. The third-order valence-corrected chi connectivity index (χ3v) is 6.88. The van der Waals surface area contributed by atoms with E-state index in [0.717, 1.165) is 12.1 Å². The number of carbonyl (C=O) groups is 1. The summed E-state index contributed by atoms with van der Waals surface area (Å²) in [6, 6.07) is 11.7. The zero-order valence-corrected chi connectivity index (χ0v) is 19.5. The summed E-state index contributed by atoms with van der Waals surface area (Å²) in [7, 11) is -3.99. The van der Waals surface area contributed by atoms with E-state index in [1.807, 2.05) is 12.2 Å². The lowest BCUT2D eigenvalue weighted by atomic mass is 9.93. The lowest BCUT2D eigenvalue weighted by Gasteiger charge is -2.19. The number of sulfonamides is 1. The third kappa shape index (κ3) is 5.20. The normalized spacial score (nSPS) is 12.9. The molecule has 0 heterocycles. The van der Waals surface area contributed by atoms with E-state index in [-0.39, 0.29) is 33.3 Å². The number of hydrogen-bond acceptors (Lipinski definition) is 7. The Bertz CT molecular complexity index is 1480. The molecule has 3 aromatic rings. The van der Waals surface area contributed by atoms with Gasteiger partial charge < -0.3 is 5.11 Å². The second-order valence-corrected chi connectivity index (χ2v) is 9.62. The fourth-order valence-electron chi connectivity index (χ4n) is 3.48. The van der Waals surface area contributed by atoms with Crippen LogP contribution < -0.4 is 4.72 Å². The lowest BCUT2D eigenvalue weighted by Crippen LogP contribution is -2.15. The minimum atomic E-state index is -3.99. The molecule has 0 unspecified atom stereocenters. The zero-order valence-electron chi connectivity index (χ0n) is 17.9. The van der Waals surface area contributed by atoms with E-state index < -0.39 is 20.9 Å². The topological polar surface area (TPSA) is 151 Å². The molecule has 1 aliphatic rings. The second kappa shape index (κ2) is 9.65. The van der Waals surface area contributed by atoms with Crippen molar-refractivity contribution >= 4 is 44.6 Å². The Morgan fingerprint density at radius 3 is 2.29 bits per heavy atom. The molecule has 35 heavy (non-hydrogen) atoms. The number of nitro groups is 1. The smallest absolute Gasteiger partial charge is 0.295 e. The number of allylic oxidation sites excluding steroid dienone is 2. The molecule has 4 rings (SSSR count). The SMILES string of the molecule is O=C(N=Nc1cc(NS(=O)(=O)c2ccc(Cl)cc2)c2c(c1O)CC=CC2)c1ccc([N+](=O)[O-])cc1. The standard InChI is InChI=1S/C23H17ClN4O6S/c24-15-7-11-17(12-8-15)35(33,34)27-20-13-21(22(29)19-4-2-1-3-18(19)20)25-26-23(30)14-5-9-16(10-6-14)28(31)32/h1-2,5-13,27,29H,3-4H2. The Morgan fingerprint density at radius 2 is 1.66 bits per heavy atom. The number of nitro benzene ring substituents is 1. The largest absolute Gasteiger partial charge is 0.505 e. The van der Waals surface area contributed by atoms with Gasteiger partial charge >= 0.3 is 0 Å².